The van der Waals surface area contributed by atoms with Crippen molar-refractivity contribution in [3.63, 3.8) is 0 Å². The Kier molecular flexibility index (Phi) is 3.38. The van der Waals surface area contributed by atoms with Crippen LogP contribution in [-0.4, -0.2) is 51.3 Å². The van der Waals surface area contributed by atoms with Gasteiger partial charge in [-0.3, -0.25) is 5.10 Å². The molecule has 7 nitrogen and oxygen atoms in total. The van der Waals surface area contributed by atoms with E-state index in [4.69, 9.17) is 0 Å². The van der Waals surface area contributed by atoms with Crippen molar-refractivity contribution >= 4 is 33.3 Å². The quantitative estimate of drug-likeness (QED) is 0.778. The van der Waals surface area contributed by atoms with E-state index in [1.165, 1.54) is 0 Å². The summed E-state index contributed by atoms with van der Waals surface area (Å²) < 4.78 is 0. The molecule has 0 radical (unpaired) electrons. The fourth-order valence-corrected chi connectivity index (χ4v) is 3.67. The Morgan fingerprint density at radius 2 is 2.00 bits per heavy atom. The summed E-state index contributed by atoms with van der Waals surface area (Å²) in [4.78, 5) is 18.0. The molecule has 0 amide bonds. The van der Waals surface area contributed by atoms with Crippen molar-refractivity contribution in [3.8, 4) is 0 Å². The maximum atomic E-state index is 4.60. The van der Waals surface area contributed by atoms with Gasteiger partial charge in [0.1, 0.15) is 12.1 Å². The third kappa shape index (κ3) is 2.39. The highest BCUT2D eigenvalue weighted by molar-refractivity contribution is 7.13. The van der Waals surface area contributed by atoms with E-state index >= 15 is 0 Å². The molecule has 0 aliphatic carbocycles. The molecule has 3 aromatic rings. The predicted molar refractivity (Wildman–Crippen MR) is 87.6 cm³/mol. The van der Waals surface area contributed by atoms with Crippen molar-refractivity contribution < 1.29 is 0 Å². The molecule has 1 aliphatic heterocycles. The third-order valence-electron chi connectivity index (χ3n) is 3.90. The highest BCUT2D eigenvalue weighted by atomic mass is 32.1. The molecule has 0 unspecified atom stereocenters. The minimum Gasteiger partial charge on any atom is -0.354 e. The van der Waals surface area contributed by atoms with Gasteiger partial charge in [-0.1, -0.05) is 0 Å². The van der Waals surface area contributed by atoms with Crippen LogP contribution in [-0.2, 0) is 0 Å². The van der Waals surface area contributed by atoms with Gasteiger partial charge in [0.2, 0.25) is 0 Å². The molecule has 0 aromatic carbocycles. The van der Waals surface area contributed by atoms with Crippen molar-refractivity contribution in [2.75, 3.05) is 36.0 Å². The van der Waals surface area contributed by atoms with Gasteiger partial charge in [-0.05, 0) is 13.3 Å². The number of aromatic amines is 1. The lowest BCUT2D eigenvalue weighted by atomic mass is 10.3. The summed E-state index contributed by atoms with van der Waals surface area (Å²) >= 11 is 1.72. The van der Waals surface area contributed by atoms with Gasteiger partial charge in [0.05, 0.1) is 17.3 Å². The minimum atomic E-state index is 0.793. The minimum absolute atomic E-state index is 0.793. The second-order valence-electron chi connectivity index (χ2n) is 5.43. The number of H-pyrrole nitrogens is 1. The highest BCUT2D eigenvalue weighted by Crippen LogP contribution is 2.25. The zero-order valence-corrected chi connectivity index (χ0v) is 13.2. The lowest BCUT2D eigenvalue weighted by Gasteiger charge is -2.22. The van der Waals surface area contributed by atoms with Crippen molar-refractivity contribution in [1.82, 2.24) is 25.1 Å². The van der Waals surface area contributed by atoms with Crippen molar-refractivity contribution in [1.29, 1.82) is 0 Å². The van der Waals surface area contributed by atoms with Gasteiger partial charge in [-0.15, -0.1) is 11.3 Å². The first kappa shape index (κ1) is 13.4. The fraction of sp³-hybridized carbons (Fsp3) is 0.429. The number of aromatic nitrogens is 5. The topological polar surface area (TPSA) is 73.8 Å². The lowest BCUT2D eigenvalue weighted by Crippen LogP contribution is -2.31. The molecule has 22 heavy (non-hydrogen) atoms. The van der Waals surface area contributed by atoms with Crippen molar-refractivity contribution in [2.45, 2.75) is 13.3 Å². The molecule has 1 N–H and O–H groups in total. The maximum Gasteiger partial charge on any atom is 0.185 e. The molecule has 4 heterocycles. The van der Waals surface area contributed by atoms with Crippen LogP contribution in [0.1, 0.15) is 12.1 Å². The summed E-state index contributed by atoms with van der Waals surface area (Å²) in [6.07, 6.45) is 4.49. The van der Waals surface area contributed by atoms with Crippen LogP contribution >= 0.6 is 11.3 Å². The van der Waals surface area contributed by atoms with E-state index in [9.17, 15) is 0 Å². The SMILES string of the molecule is Cc1csc(N2CCCN(c3ncnc4[nH]ncc34)CC2)n1. The van der Waals surface area contributed by atoms with Crippen LogP contribution in [0.5, 0.6) is 0 Å². The predicted octanol–water partition coefficient (Wildman–Crippen LogP) is 1.83. The van der Waals surface area contributed by atoms with Gasteiger partial charge in [0, 0.05) is 31.6 Å². The highest BCUT2D eigenvalue weighted by Gasteiger charge is 2.20. The van der Waals surface area contributed by atoms with Crippen LogP contribution < -0.4 is 9.80 Å². The van der Waals surface area contributed by atoms with Crippen LogP contribution in [0.4, 0.5) is 10.9 Å². The zero-order valence-electron chi connectivity index (χ0n) is 12.4. The Morgan fingerprint density at radius 1 is 1.14 bits per heavy atom. The van der Waals surface area contributed by atoms with E-state index in [0.717, 1.165) is 60.3 Å². The van der Waals surface area contributed by atoms with Crippen LogP contribution in [0.15, 0.2) is 17.9 Å². The Bertz CT molecular complexity index is 780. The lowest BCUT2D eigenvalue weighted by molar-refractivity contribution is 0.798. The number of nitrogens with zero attached hydrogens (tertiary/aromatic N) is 6. The second kappa shape index (κ2) is 5.53. The molecular formula is C14H17N7S. The monoisotopic (exact) mass is 315 g/mol. The zero-order chi connectivity index (χ0) is 14.9. The Hall–Kier alpha value is -2.22. The molecule has 0 saturated carbocycles. The van der Waals surface area contributed by atoms with Crippen LogP contribution in [0, 0.1) is 6.92 Å². The van der Waals surface area contributed by atoms with Gasteiger partial charge < -0.3 is 9.80 Å². The number of aryl methyl sites for hydroxylation is 1. The number of hydrogen-bond acceptors (Lipinski definition) is 7. The van der Waals surface area contributed by atoms with E-state index in [-0.39, 0.29) is 0 Å². The summed E-state index contributed by atoms with van der Waals surface area (Å²) in [5, 5.41) is 11.2. The fourth-order valence-electron chi connectivity index (χ4n) is 2.81. The van der Waals surface area contributed by atoms with Gasteiger partial charge in [-0.25, -0.2) is 15.0 Å². The average molecular weight is 315 g/mol. The van der Waals surface area contributed by atoms with E-state index in [0.29, 0.717) is 0 Å². The molecule has 1 aliphatic rings. The summed E-state index contributed by atoms with van der Waals surface area (Å²) in [5.74, 6) is 0.968. The number of rotatable bonds is 2. The van der Waals surface area contributed by atoms with Crippen molar-refractivity contribution in [3.05, 3.63) is 23.6 Å². The number of thiazole rings is 1. The first-order valence-corrected chi connectivity index (χ1v) is 8.25. The molecular weight excluding hydrogens is 298 g/mol. The van der Waals surface area contributed by atoms with Gasteiger partial charge in [0.15, 0.2) is 10.8 Å². The Balaban J connectivity index is 1.56. The smallest absolute Gasteiger partial charge is 0.185 e. The van der Waals surface area contributed by atoms with Gasteiger partial charge >= 0.3 is 0 Å². The van der Waals surface area contributed by atoms with E-state index in [1.807, 2.05) is 6.92 Å². The Morgan fingerprint density at radius 3 is 2.86 bits per heavy atom. The number of fused-ring (bicyclic) bond motifs is 1. The molecule has 4 rings (SSSR count). The van der Waals surface area contributed by atoms with Gasteiger partial charge in [0.25, 0.3) is 0 Å². The first-order chi connectivity index (χ1) is 10.8. The summed E-state index contributed by atoms with van der Waals surface area (Å²) in [6, 6.07) is 0. The molecule has 1 saturated heterocycles. The maximum absolute atomic E-state index is 4.60. The number of nitrogens with one attached hydrogen (secondary N) is 1. The standard InChI is InChI=1S/C14H17N7S/c1-10-8-22-14(18-10)21-4-2-3-20(5-6-21)13-11-7-17-19-12(11)15-9-16-13/h7-9H,2-6H2,1H3,(H,15,16,17,19). The summed E-state index contributed by atoms with van der Waals surface area (Å²) in [5.41, 5.74) is 1.89. The average Bonchev–Trinajstić information content (AvgIpc) is 3.10. The number of anilines is 2. The molecule has 8 heteroatoms. The van der Waals surface area contributed by atoms with Crippen LogP contribution in [0.2, 0.25) is 0 Å². The van der Waals surface area contributed by atoms with Gasteiger partial charge in [-0.2, -0.15) is 5.10 Å². The van der Waals surface area contributed by atoms with E-state index in [2.05, 4.69) is 40.3 Å². The van der Waals surface area contributed by atoms with Crippen molar-refractivity contribution in [2.24, 2.45) is 0 Å². The number of hydrogen-bond donors (Lipinski definition) is 1. The van der Waals surface area contributed by atoms with Crippen LogP contribution in [0.25, 0.3) is 11.0 Å². The summed E-state index contributed by atoms with van der Waals surface area (Å²) in [7, 11) is 0. The Labute approximate surface area is 132 Å². The van der Waals surface area contributed by atoms with E-state index in [1.54, 1.807) is 23.9 Å². The normalized spacial score (nSPS) is 16.2. The molecule has 0 spiro atoms. The molecule has 0 atom stereocenters. The first-order valence-electron chi connectivity index (χ1n) is 7.37. The second-order valence-corrected chi connectivity index (χ2v) is 6.27. The third-order valence-corrected chi connectivity index (χ3v) is 4.92. The molecule has 3 aromatic heterocycles. The molecule has 0 bridgehead atoms. The largest absolute Gasteiger partial charge is 0.354 e. The summed E-state index contributed by atoms with van der Waals surface area (Å²) in [6.45, 7) is 5.94. The molecule has 114 valence electrons. The molecule has 1 fully saturated rings. The van der Waals surface area contributed by atoms with Crippen LogP contribution in [0.3, 0.4) is 0 Å². The van der Waals surface area contributed by atoms with E-state index < -0.39 is 0 Å².